The van der Waals surface area contributed by atoms with E-state index in [0.717, 1.165) is 34.2 Å². The number of rotatable bonds is 3. The van der Waals surface area contributed by atoms with Crippen LogP contribution in [0.2, 0.25) is 0 Å². The maximum Gasteiger partial charge on any atom is 0.125 e. The molecule has 0 atom stereocenters. The van der Waals surface area contributed by atoms with Crippen molar-refractivity contribution in [1.29, 1.82) is 0 Å². The summed E-state index contributed by atoms with van der Waals surface area (Å²) in [4.78, 5) is 25.8. The molecule has 0 aromatic carbocycles. The van der Waals surface area contributed by atoms with Crippen molar-refractivity contribution in [2.45, 2.75) is 26.7 Å². The molecule has 3 rings (SSSR count). The first-order chi connectivity index (χ1) is 10.6. The lowest BCUT2D eigenvalue weighted by atomic mass is 9.90. The van der Waals surface area contributed by atoms with Crippen LogP contribution >= 0.6 is 0 Å². The molecule has 22 heavy (non-hydrogen) atoms. The van der Waals surface area contributed by atoms with Gasteiger partial charge < -0.3 is 0 Å². The van der Waals surface area contributed by atoms with Crippen LogP contribution in [-0.4, -0.2) is 29.9 Å². The van der Waals surface area contributed by atoms with Gasteiger partial charge in [-0.2, -0.15) is 0 Å². The van der Waals surface area contributed by atoms with Gasteiger partial charge in [-0.1, -0.05) is 0 Å². The van der Waals surface area contributed by atoms with Crippen molar-refractivity contribution >= 4 is 0 Å². The van der Waals surface area contributed by atoms with Crippen LogP contribution in [-0.2, 0) is 0 Å². The highest BCUT2D eigenvalue weighted by atomic mass is 14.9. The van der Waals surface area contributed by atoms with E-state index < -0.39 is 0 Å². The molecule has 3 aromatic rings. The van der Waals surface area contributed by atoms with Gasteiger partial charge in [0, 0.05) is 59.8 Å². The zero-order valence-electron chi connectivity index (χ0n) is 12.7. The predicted molar refractivity (Wildman–Crippen MR) is 81.3 cm³/mol. The lowest BCUT2D eigenvalue weighted by molar-refractivity contribution is 0.868. The van der Waals surface area contributed by atoms with Gasteiger partial charge in [0.1, 0.15) is 17.5 Å². The number of nitrogens with zero attached hydrogens (tertiary/aromatic N) is 6. The number of hydrogen-bond acceptors (Lipinski definition) is 6. The molecule has 0 saturated heterocycles. The van der Waals surface area contributed by atoms with E-state index in [1.54, 1.807) is 0 Å². The van der Waals surface area contributed by atoms with Crippen molar-refractivity contribution in [2.75, 3.05) is 0 Å². The molecule has 110 valence electrons. The Morgan fingerprint density at radius 1 is 0.500 bits per heavy atom. The Kier molecular flexibility index (Phi) is 3.82. The molecule has 0 radical (unpaired) electrons. The summed E-state index contributed by atoms with van der Waals surface area (Å²) < 4.78 is 0. The first-order valence-electron chi connectivity index (χ1n) is 6.99. The van der Waals surface area contributed by atoms with Crippen LogP contribution in [0, 0.1) is 20.8 Å². The van der Waals surface area contributed by atoms with Crippen LogP contribution in [0.25, 0.3) is 0 Å². The van der Waals surface area contributed by atoms with E-state index in [0.29, 0.717) is 0 Å². The summed E-state index contributed by atoms with van der Waals surface area (Å²) in [5.74, 6) is 2.13. The van der Waals surface area contributed by atoms with Crippen LogP contribution in [0.1, 0.15) is 40.1 Å². The lowest BCUT2D eigenvalue weighted by Gasteiger charge is -2.17. The van der Waals surface area contributed by atoms with Crippen molar-refractivity contribution in [3.63, 3.8) is 0 Å². The molecule has 6 nitrogen and oxygen atoms in total. The maximum absolute atomic E-state index is 4.29. The molecule has 3 heterocycles. The fourth-order valence-corrected chi connectivity index (χ4v) is 2.23. The summed E-state index contributed by atoms with van der Waals surface area (Å²) in [7, 11) is 0. The molecule has 0 bridgehead atoms. The first-order valence-corrected chi connectivity index (χ1v) is 6.99. The monoisotopic (exact) mass is 292 g/mol. The highest BCUT2D eigenvalue weighted by Gasteiger charge is 2.19. The van der Waals surface area contributed by atoms with Crippen molar-refractivity contribution in [1.82, 2.24) is 29.9 Å². The van der Waals surface area contributed by atoms with Gasteiger partial charge in [-0.3, -0.25) is 0 Å². The number of hydrogen-bond donors (Lipinski definition) is 0. The van der Waals surface area contributed by atoms with Gasteiger partial charge >= 0.3 is 0 Å². The predicted octanol–water partition coefficient (Wildman–Crippen LogP) is 2.16. The van der Waals surface area contributed by atoms with E-state index >= 15 is 0 Å². The Balaban J connectivity index is 2.10. The van der Waals surface area contributed by atoms with E-state index in [1.807, 2.05) is 58.0 Å². The molecule has 0 saturated carbocycles. The molecule has 0 aliphatic rings. The second kappa shape index (κ2) is 5.93. The molecular weight excluding hydrogens is 276 g/mol. The number of aromatic nitrogens is 6. The first kappa shape index (κ1) is 14.2. The van der Waals surface area contributed by atoms with Gasteiger partial charge in [-0.15, -0.1) is 0 Å². The van der Waals surface area contributed by atoms with Gasteiger partial charge in [-0.05, 0) is 20.8 Å². The van der Waals surface area contributed by atoms with Crippen LogP contribution in [0.15, 0.2) is 37.2 Å². The minimum Gasteiger partial charge on any atom is -0.241 e. The van der Waals surface area contributed by atoms with E-state index in [9.17, 15) is 0 Å². The largest absolute Gasteiger partial charge is 0.241 e. The van der Waals surface area contributed by atoms with Crippen LogP contribution < -0.4 is 0 Å². The molecule has 0 fully saturated rings. The fourth-order valence-electron chi connectivity index (χ4n) is 2.23. The standard InChI is InChI=1S/C16H16N6/c1-10-17-4-13(5-18-10)16(14-6-19-11(2)20-7-14)15-8-21-12(3)22-9-15/h4-9,16H,1-3H3. The van der Waals surface area contributed by atoms with Gasteiger partial charge in [-0.25, -0.2) is 29.9 Å². The smallest absolute Gasteiger partial charge is 0.125 e. The second-order valence-electron chi connectivity index (χ2n) is 5.12. The van der Waals surface area contributed by atoms with Gasteiger partial charge in [0.05, 0.1) is 0 Å². The van der Waals surface area contributed by atoms with E-state index in [4.69, 9.17) is 0 Å². The van der Waals surface area contributed by atoms with Crippen molar-refractivity contribution in [3.05, 3.63) is 71.3 Å². The van der Waals surface area contributed by atoms with Crippen molar-refractivity contribution in [2.24, 2.45) is 0 Å². The highest BCUT2D eigenvalue weighted by Crippen LogP contribution is 2.29. The summed E-state index contributed by atoms with van der Waals surface area (Å²) in [6, 6.07) is 0. The van der Waals surface area contributed by atoms with Crippen molar-refractivity contribution in [3.8, 4) is 0 Å². The third-order valence-corrected chi connectivity index (χ3v) is 3.40. The Morgan fingerprint density at radius 2 is 0.727 bits per heavy atom. The molecule has 6 heteroatoms. The van der Waals surface area contributed by atoms with Gasteiger partial charge in [0.15, 0.2) is 0 Å². The average molecular weight is 292 g/mol. The molecule has 0 N–H and O–H groups in total. The SMILES string of the molecule is Cc1ncc(C(c2cnc(C)nc2)c2cnc(C)nc2)cn1. The Bertz CT molecular complexity index is 642. The Labute approximate surface area is 128 Å². The van der Waals surface area contributed by atoms with E-state index in [1.165, 1.54) is 0 Å². The van der Waals surface area contributed by atoms with E-state index in [2.05, 4.69) is 29.9 Å². The molecule has 3 aromatic heterocycles. The minimum atomic E-state index is -0.0817. The lowest BCUT2D eigenvalue weighted by Crippen LogP contribution is -2.08. The quantitative estimate of drug-likeness (QED) is 0.736. The summed E-state index contributed by atoms with van der Waals surface area (Å²) in [5, 5.41) is 0. The third kappa shape index (κ3) is 2.95. The molecule has 0 unspecified atom stereocenters. The second-order valence-corrected chi connectivity index (χ2v) is 5.12. The normalized spacial score (nSPS) is 10.9. The van der Waals surface area contributed by atoms with Gasteiger partial charge in [0.25, 0.3) is 0 Å². The zero-order chi connectivity index (χ0) is 15.5. The molecule has 0 spiro atoms. The highest BCUT2D eigenvalue weighted by molar-refractivity contribution is 5.37. The summed E-state index contributed by atoms with van der Waals surface area (Å²) in [6.07, 6.45) is 11.0. The van der Waals surface area contributed by atoms with Crippen molar-refractivity contribution < 1.29 is 0 Å². The summed E-state index contributed by atoms with van der Waals surface area (Å²) in [5.41, 5.74) is 2.89. The molecule has 0 aliphatic carbocycles. The average Bonchev–Trinajstić information content (AvgIpc) is 2.53. The third-order valence-electron chi connectivity index (χ3n) is 3.40. The fraction of sp³-hybridized carbons (Fsp3) is 0.250. The summed E-state index contributed by atoms with van der Waals surface area (Å²) in [6.45, 7) is 5.59. The Morgan fingerprint density at radius 3 is 0.955 bits per heavy atom. The van der Waals surface area contributed by atoms with Gasteiger partial charge in [0.2, 0.25) is 0 Å². The topological polar surface area (TPSA) is 77.3 Å². The van der Waals surface area contributed by atoms with Crippen LogP contribution in [0.5, 0.6) is 0 Å². The van der Waals surface area contributed by atoms with Crippen LogP contribution in [0.4, 0.5) is 0 Å². The zero-order valence-corrected chi connectivity index (χ0v) is 12.7. The number of aryl methyl sites for hydroxylation is 3. The summed E-state index contributed by atoms with van der Waals surface area (Å²) >= 11 is 0. The molecule has 0 amide bonds. The van der Waals surface area contributed by atoms with Crippen LogP contribution in [0.3, 0.4) is 0 Å². The molecule has 0 aliphatic heterocycles. The minimum absolute atomic E-state index is 0.0817. The van der Waals surface area contributed by atoms with E-state index in [-0.39, 0.29) is 5.92 Å². The molecular formula is C16H16N6. The maximum atomic E-state index is 4.29. The Hall–Kier alpha value is -2.76.